The van der Waals surface area contributed by atoms with Gasteiger partial charge in [-0.3, -0.25) is 14.6 Å². The molecule has 0 aliphatic carbocycles. The Morgan fingerprint density at radius 3 is 2.61 bits per heavy atom. The largest absolute Gasteiger partial charge is 0.497 e. The Labute approximate surface area is 257 Å². The van der Waals surface area contributed by atoms with E-state index in [-0.39, 0.29) is 24.2 Å². The maximum Gasteiger partial charge on any atom is 0.330 e. The number of nitrogens with zero attached hydrogens (tertiary/aromatic N) is 7. The Kier molecular flexibility index (Phi) is 8.26. The minimum absolute atomic E-state index is 0.0355. The van der Waals surface area contributed by atoms with Crippen LogP contribution in [0.5, 0.6) is 5.75 Å². The van der Waals surface area contributed by atoms with E-state index in [1.54, 1.807) is 16.0 Å². The van der Waals surface area contributed by atoms with Crippen molar-refractivity contribution in [3.63, 3.8) is 0 Å². The SMILES string of the molecule is CCC(=O)N1CC[C@H](N2C(=O)N(c3cc(OC)ccc3F)Cc3cnc(Nc4ccc(N5CCN(C)CC5)c(C)c4)nc32)C1. The average Bonchev–Trinajstić information content (AvgIpc) is 3.51. The lowest BCUT2D eigenvalue weighted by molar-refractivity contribution is -0.129. The zero-order chi connectivity index (χ0) is 31.0. The molecule has 0 radical (unpaired) electrons. The first kappa shape index (κ1) is 29.6. The van der Waals surface area contributed by atoms with Crippen LogP contribution in [-0.4, -0.2) is 91.2 Å². The van der Waals surface area contributed by atoms with Crippen molar-refractivity contribution < 1.29 is 18.7 Å². The van der Waals surface area contributed by atoms with Crippen molar-refractivity contribution in [3.8, 4) is 5.75 Å². The number of ether oxygens (including phenoxy) is 1. The van der Waals surface area contributed by atoms with E-state index in [1.807, 2.05) is 13.0 Å². The van der Waals surface area contributed by atoms with Crippen LogP contribution in [0.1, 0.15) is 30.9 Å². The summed E-state index contributed by atoms with van der Waals surface area (Å²) in [6.07, 6.45) is 2.66. The summed E-state index contributed by atoms with van der Waals surface area (Å²) in [7, 11) is 3.64. The van der Waals surface area contributed by atoms with E-state index >= 15 is 4.39 Å². The van der Waals surface area contributed by atoms with Gasteiger partial charge in [0.2, 0.25) is 11.9 Å². The second-order valence-electron chi connectivity index (χ2n) is 11.7. The molecular formula is C32H39FN8O3. The molecule has 3 aliphatic heterocycles. The summed E-state index contributed by atoms with van der Waals surface area (Å²) in [6.45, 7) is 8.98. The fourth-order valence-electron chi connectivity index (χ4n) is 6.25. The number of hydrogen-bond donors (Lipinski definition) is 1. The molecule has 3 amide bonds. The topological polar surface area (TPSA) is 97.4 Å². The van der Waals surface area contributed by atoms with Crippen LogP contribution in [0.2, 0.25) is 0 Å². The lowest BCUT2D eigenvalue weighted by atomic mass is 10.1. The smallest absolute Gasteiger partial charge is 0.330 e. The number of anilines is 5. The van der Waals surface area contributed by atoms with Gasteiger partial charge in [0.05, 0.1) is 25.4 Å². The van der Waals surface area contributed by atoms with Gasteiger partial charge in [-0.15, -0.1) is 0 Å². The number of fused-ring (bicyclic) bond motifs is 1. The maximum atomic E-state index is 15.1. The number of methoxy groups -OCH3 is 1. The number of hydrogen-bond acceptors (Lipinski definition) is 8. The lowest BCUT2D eigenvalue weighted by Gasteiger charge is -2.39. The molecule has 12 heteroatoms. The molecule has 1 aromatic heterocycles. The van der Waals surface area contributed by atoms with Crippen molar-refractivity contribution in [3.05, 3.63) is 59.5 Å². The van der Waals surface area contributed by atoms with Gasteiger partial charge in [-0.2, -0.15) is 4.98 Å². The third kappa shape index (κ3) is 5.73. The predicted octanol–water partition coefficient (Wildman–Crippen LogP) is 4.39. The number of likely N-dealkylation sites (tertiary alicyclic amines) is 1. The predicted molar refractivity (Wildman–Crippen MR) is 168 cm³/mol. The van der Waals surface area contributed by atoms with Crippen molar-refractivity contribution in [2.75, 3.05) is 73.4 Å². The number of carbonyl (C=O) groups excluding carboxylic acids is 2. The highest BCUT2D eigenvalue weighted by Crippen LogP contribution is 2.37. The third-order valence-corrected chi connectivity index (χ3v) is 8.76. The van der Waals surface area contributed by atoms with Gasteiger partial charge < -0.3 is 24.8 Å². The summed E-state index contributed by atoms with van der Waals surface area (Å²) in [5.41, 5.74) is 4.00. The molecule has 2 fully saturated rings. The monoisotopic (exact) mass is 602 g/mol. The highest BCUT2D eigenvalue weighted by Gasteiger charge is 2.41. The molecule has 3 aromatic rings. The molecule has 6 rings (SSSR count). The molecule has 0 saturated carbocycles. The summed E-state index contributed by atoms with van der Waals surface area (Å²) in [5.74, 6) is 0.763. The van der Waals surface area contributed by atoms with Gasteiger partial charge in [0.25, 0.3) is 0 Å². The highest BCUT2D eigenvalue weighted by molar-refractivity contribution is 6.06. The Morgan fingerprint density at radius 1 is 1.09 bits per heavy atom. The number of benzene rings is 2. The Hall–Kier alpha value is -4.45. The number of urea groups is 1. The van der Waals surface area contributed by atoms with Gasteiger partial charge in [-0.25, -0.2) is 14.2 Å². The Bertz CT molecular complexity index is 1560. The van der Waals surface area contributed by atoms with Crippen LogP contribution in [0.25, 0.3) is 0 Å². The number of amides is 3. The molecule has 0 unspecified atom stereocenters. The molecular weight excluding hydrogens is 563 g/mol. The van der Waals surface area contributed by atoms with Crippen LogP contribution in [0.4, 0.5) is 38.0 Å². The number of rotatable bonds is 7. The summed E-state index contributed by atoms with van der Waals surface area (Å²) < 4.78 is 20.4. The Morgan fingerprint density at radius 2 is 1.89 bits per heavy atom. The van der Waals surface area contributed by atoms with E-state index in [1.165, 1.54) is 35.9 Å². The van der Waals surface area contributed by atoms with E-state index in [2.05, 4.69) is 46.2 Å². The van der Waals surface area contributed by atoms with Crippen LogP contribution >= 0.6 is 0 Å². The highest BCUT2D eigenvalue weighted by atomic mass is 19.1. The number of likely N-dealkylation sites (N-methyl/N-ethyl adjacent to an activating group) is 1. The first-order valence-electron chi connectivity index (χ1n) is 15.1. The molecule has 2 aromatic carbocycles. The first-order valence-corrected chi connectivity index (χ1v) is 15.1. The van der Waals surface area contributed by atoms with Gasteiger partial charge in [-0.1, -0.05) is 6.92 Å². The molecule has 1 atom stereocenters. The fraction of sp³-hybridized carbons (Fsp3) is 0.438. The van der Waals surface area contributed by atoms with Gasteiger partial charge in [0.15, 0.2) is 0 Å². The second kappa shape index (κ2) is 12.3. The van der Waals surface area contributed by atoms with Crippen molar-refractivity contribution in [2.24, 2.45) is 0 Å². The molecule has 0 bridgehead atoms. The van der Waals surface area contributed by atoms with E-state index < -0.39 is 11.8 Å². The van der Waals surface area contributed by atoms with Gasteiger partial charge in [0, 0.05) is 74.9 Å². The van der Waals surface area contributed by atoms with Crippen molar-refractivity contribution in [1.29, 1.82) is 0 Å². The lowest BCUT2D eigenvalue weighted by Crippen LogP contribution is -2.53. The molecule has 0 spiro atoms. The van der Waals surface area contributed by atoms with Crippen LogP contribution in [0.15, 0.2) is 42.6 Å². The summed E-state index contributed by atoms with van der Waals surface area (Å²) in [5, 5.41) is 3.32. The maximum absolute atomic E-state index is 15.1. The van der Waals surface area contributed by atoms with Crippen LogP contribution in [0.3, 0.4) is 0 Å². The van der Waals surface area contributed by atoms with E-state index in [9.17, 15) is 9.59 Å². The van der Waals surface area contributed by atoms with Crippen molar-refractivity contribution in [2.45, 2.75) is 39.3 Å². The number of aryl methyl sites for hydroxylation is 1. The number of halogens is 1. The first-order chi connectivity index (χ1) is 21.2. The Balaban J connectivity index is 1.31. The molecule has 2 saturated heterocycles. The van der Waals surface area contributed by atoms with Gasteiger partial charge in [-0.05, 0) is 56.3 Å². The number of nitrogens with one attached hydrogen (secondary N) is 1. The van der Waals surface area contributed by atoms with E-state index in [0.29, 0.717) is 49.0 Å². The van der Waals surface area contributed by atoms with Gasteiger partial charge in [0.1, 0.15) is 17.4 Å². The zero-order valence-electron chi connectivity index (χ0n) is 25.7. The summed E-state index contributed by atoms with van der Waals surface area (Å²) in [4.78, 5) is 45.6. The third-order valence-electron chi connectivity index (χ3n) is 8.76. The summed E-state index contributed by atoms with van der Waals surface area (Å²) >= 11 is 0. The molecule has 44 heavy (non-hydrogen) atoms. The molecule has 4 heterocycles. The molecule has 232 valence electrons. The zero-order valence-corrected chi connectivity index (χ0v) is 25.7. The minimum Gasteiger partial charge on any atom is -0.497 e. The molecule has 3 aliphatic rings. The second-order valence-corrected chi connectivity index (χ2v) is 11.7. The van der Waals surface area contributed by atoms with E-state index in [4.69, 9.17) is 9.72 Å². The fourth-order valence-corrected chi connectivity index (χ4v) is 6.25. The van der Waals surface area contributed by atoms with Crippen molar-refractivity contribution in [1.82, 2.24) is 19.8 Å². The van der Waals surface area contributed by atoms with Crippen molar-refractivity contribution >= 4 is 40.8 Å². The van der Waals surface area contributed by atoms with E-state index in [0.717, 1.165) is 37.4 Å². The van der Waals surface area contributed by atoms with Crippen LogP contribution < -0.4 is 24.8 Å². The number of piperazine rings is 1. The van der Waals surface area contributed by atoms with Gasteiger partial charge >= 0.3 is 6.03 Å². The minimum atomic E-state index is -0.536. The normalized spacial score (nSPS) is 18.9. The van der Waals surface area contributed by atoms with Crippen LogP contribution in [0, 0.1) is 12.7 Å². The standard InChI is InChI=1S/C32H39FN8O3/c1-5-29(42)39-11-10-24(20-39)41-30-22(19-40(32(41)43)28-17-25(44-4)7-8-26(28)33)18-34-31(36-30)35-23-6-9-27(21(2)16-23)38-14-12-37(3)13-15-38/h6-9,16-18,24H,5,10-15,19-20H2,1-4H3,(H,34,35,36)/t24-/m0/s1. The number of aromatic nitrogens is 2. The average molecular weight is 603 g/mol. The van der Waals surface area contributed by atoms with Crippen LogP contribution in [-0.2, 0) is 11.3 Å². The number of carbonyl (C=O) groups is 2. The molecule has 1 N–H and O–H groups in total. The summed E-state index contributed by atoms with van der Waals surface area (Å²) in [6, 6.07) is 9.82. The molecule has 11 nitrogen and oxygen atoms in total. The quantitative estimate of drug-likeness (QED) is 0.426.